The average Bonchev–Trinajstić information content (AvgIpc) is 2.64. The summed E-state index contributed by atoms with van der Waals surface area (Å²) in [7, 11) is -3.60. The van der Waals surface area contributed by atoms with Crippen molar-refractivity contribution in [2.75, 3.05) is 39.4 Å². The van der Waals surface area contributed by atoms with Crippen molar-refractivity contribution in [2.45, 2.75) is 30.8 Å². The van der Waals surface area contributed by atoms with Gasteiger partial charge in [0.25, 0.3) is 5.91 Å². The van der Waals surface area contributed by atoms with Crippen LogP contribution in [0.5, 0.6) is 0 Å². The number of ether oxygens (including phenoxy) is 1. The van der Waals surface area contributed by atoms with Gasteiger partial charge in [0.15, 0.2) is 0 Å². The molecule has 1 N–H and O–H groups in total. The molecule has 2 aliphatic rings. The highest BCUT2D eigenvalue weighted by atomic mass is 32.2. The topological polar surface area (TPSA) is 79.0 Å². The van der Waals surface area contributed by atoms with E-state index in [0.29, 0.717) is 38.4 Å². The molecule has 0 aliphatic carbocycles. The zero-order chi connectivity index (χ0) is 18.0. The highest BCUT2D eigenvalue weighted by Crippen LogP contribution is 2.20. The second-order valence-corrected chi connectivity index (χ2v) is 8.60. The van der Waals surface area contributed by atoms with E-state index < -0.39 is 10.0 Å². The van der Waals surface area contributed by atoms with Gasteiger partial charge in [-0.2, -0.15) is 4.31 Å². The molecule has 1 aromatic rings. The monoisotopic (exact) mass is 367 g/mol. The van der Waals surface area contributed by atoms with E-state index in [1.807, 2.05) is 18.7 Å². The molecule has 3 rings (SSSR count). The fourth-order valence-corrected chi connectivity index (χ4v) is 4.65. The number of hydrogen-bond donors (Lipinski definition) is 1. The standard InChI is InChI=1S/C17H25N3O4S/c1-13-12-20(14(2)11-18-13)17(21)15-4-3-5-16(10-15)25(22,23)19-6-8-24-9-7-19/h3-5,10,13-14,18H,6-9,11-12H2,1-2H3. The number of nitrogens with zero attached hydrogens (tertiary/aromatic N) is 2. The summed E-state index contributed by atoms with van der Waals surface area (Å²) < 4.78 is 32.2. The number of carbonyl (C=O) groups is 1. The Morgan fingerprint density at radius 3 is 2.68 bits per heavy atom. The molecule has 25 heavy (non-hydrogen) atoms. The summed E-state index contributed by atoms with van der Waals surface area (Å²) in [6.45, 7) is 6.84. The third kappa shape index (κ3) is 3.87. The first kappa shape index (κ1) is 18.3. The summed E-state index contributed by atoms with van der Waals surface area (Å²) >= 11 is 0. The van der Waals surface area contributed by atoms with E-state index in [1.54, 1.807) is 18.2 Å². The molecule has 138 valence electrons. The average molecular weight is 367 g/mol. The van der Waals surface area contributed by atoms with E-state index in [4.69, 9.17) is 4.74 Å². The number of amides is 1. The van der Waals surface area contributed by atoms with Crippen LogP contribution < -0.4 is 5.32 Å². The Balaban J connectivity index is 1.84. The lowest BCUT2D eigenvalue weighted by Crippen LogP contribution is -2.56. The number of rotatable bonds is 3. The molecular weight excluding hydrogens is 342 g/mol. The summed E-state index contributed by atoms with van der Waals surface area (Å²) in [6.07, 6.45) is 0. The molecule has 2 atom stereocenters. The van der Waals surface area contributed by atoms with Gasteiger partial charge in [-0.3, -0.25) is 4.79 Å². The number of morpholine rings is 1. The summed E-state index contributed by atoms with van der Waals surface area (Å²) in [4.78, 5) is 14.9. The van der Waals surface area contributed by atoms with Crippen LogP contribution in [0, 0.1) is 0 Å². The molecule has 2 unspecified atom stereocenters. The van der Waals surface area contributed by atoms with Crippen molar-refractivity contribution >= 4 is 15.9 Å². The maximum atomic E-state index is 12.9. The zero-order valence-corrected chi connectivity index (χ0v) is 15.5. The van der Waals surface area contributed by atoms with Gasteiger partial charge in [0, 0.05) is 43.8 Å². The van der Waals surface area contributed by atoms with Crippen LogP contribution >= 0.6 is 0 Å². The molecule has 2 fully saturated rings. The van der Waals surface area contributed by atoms with E-state index in [9.17, 15) is 13.2 Å². The van der Waals surface area contributed by atoms with Crippen LogP contribution in [0.3, 0.4) is 0 Å². The van der Waals surface area contributed by atoms with Crippen LogP contribution in [-0.2, 0) is 14.8 Å². The Hall–Kier alpha value is -1.48. The minimum absolute atomic E-state index is 0.0724. The summed E-state index contributed by atoms with van der Waals surface area (Å²) in [5.74, 6) is -0.125. The third-order valence-corrected chi connectivity index (χ3v) is 6.61. The van der Waals surface area contributed by atoms with Gasteiger partial charge < -0.3 is 15.0 Å². The first-order chi connectivity index (χ1) is 11.9. The van der Waals surface area contributed by atoms with Crippen LogP contribution in [0.25, 0.3) is 0 Å². The number of piperazine rings is 1. The fraction of sp³-hybridized carbons (Fsp3) is 0.588. The van der Waals surface area contributed by atoms with Gasteiger partial charge in [0.2, 0.25) is 10.0 Å². The van der Waals surface area contributed by atoms with Crippen molar-refractivity contribution in [1.82, 2.24) is 14.5 Å². The van der Waals surface area contributed by atoms with Crippen molar-refractivity contribution in [3.8, 4) is 0 Å². The zero-order valence-electron chi connectivity index (χ0n) is 14.6. The lowest BCUT2D eigenvalue weighted by atomic mass is 10.1. The van der Waals surface area contributed by atoms with Gasteiger partial charge >= 0.3 is 0 Å². The SMILES string of the molecule is CC1CN(C(=O)c2cccc(S(=O)(=O)N3CCOCC3)c2)C(C)CN1. The van der Waals surface area contributed by atoms with Gasteiger partial charge in [-0.05, 0) is 32.0 Å². The molecule has 2 aliphatic heterocycles. The third-order valence-electron chi connectivity index (χ3n) is 4.71. The Morgan fingerprint density at radius 2 is 1.96 bits per heavy atom. The van der Waals surface area contributed by atoms with E-state index in [-0.39, 0.29) is 22.9 Å². The largest absolute Gasteiger partial charge is 0.379 e. The van der Waals surface area contributed by atoms with Gasteiger partial charge in [0.05, 0.1) is 18.1 Å². The molecule has 1 aromatic carbocycles. The second-order valence-electron chi connectivity index (χ2n) is 6.66. The Morgan fingerprint density at radius 1 is 1.24 bits per heavy atom. The van der Waals surface area contributed by atoms with Gasteiger partial charge in [0.1, 0.15) is 0 Å². The highest BCUT2D eigenvalue weighted by Gasteiger charge is 2.30. The number of hydrogen-bond acceptors (Lipinski definition) is 5. The van der Waals surface area contributed by atoms with Crippen molar-refractivity contribution in [3.05, 3.63) is 29.8 Å². The van der Waals surface area contributed by atoms with E-state index >= 15 is 0 Å². The van der Waals surface area contributed by atoms with Gasteiger partial charge in [-0.1, -0.05) is 6.07 Å². The van der Waals surface area contributed by atoms with Crippen LogP contribution in [-0.4, -0.2) is 75.0 Å². The number of sulfonamides is 1. The van der Waals surface area contributed by atoms with Crippen LogP contribution in [0.1, 0.15) is 24.2 Å². The molecule has 8 heteroatoms. The van der Waals surface area contributed by atoms with Crippen molar-refractivity contribution in [2.24, 2.45) is 0 Å². The second kappa shape index (κ2) is 7.41. The summed E-state index contributed by atoms with van der Waals surface area (Å²) in [5, 5.41) is 3.34. The predicted molar refractivity (Wildman–Crippen MR) is 94.0 cm³/mol. The molecule has 0 spiro atoms. The molecular formula is C17H25N3O4S. The molecule has 0 radical (unpaired) electrons. The Kier molecular flexibility index (Phi) is 5.43. The molecule has 0 saturated carbocycles. The van der Waals surface area contributed by atoms with E-state index in [1.165, 1.54) is 10.4 Å². The summed E-state index contributed by atoms with van der Waals surface area (Å²) in [6, 6.07) is 6.65. The Bertz CT molecular complexity index is 731. The highest BCUT2D eigenvalue weighted by molar-refractivity contribution is 7.89. The first-order valence-corrected chi connectivity index (χ1v) is 10.1. The van der Waals surface area contributed by atoms with Gasteiger partial charge in [-0.15, -0.1) is 0 Å². The van der Waals surface area contributed by atoms with Crippen molar-refractivity contribution in [3.63, 3.8) is 0 Å². The molecule has 0 bridgehead atoms. The predicted octanol–water partition coefficient (Wildman–Crippen LogP) is 0.530. The van der Waals surface area contributed by atoms with Crippen LogP contribution in [0.15, 0.2) is 29.2 Å². The molecule has 7 nitrogen and oxygen atoms in total. The minimum atomic E-state index is -3.60. The first-order valence-electron chi connectivity index (χ1n) is 8.62. The summed E-state index contributed by atoms with van der Waals surface area (Å²) in [5.41, 5.74) is 0.412. The lowest BCUT2D eigenvalue weighted by molar-refractivity contribution is 0.0616. The molecule has 2 saturated heterocycles. The molecule has 1 amide bonds. The molecule has 2 heterocycles. The van der Waals surface area contributed by atoms with Crippen LogP contribution in [0.4, 0.5) is 0 Å². The maximum Gasteiger partial charge on any atom is 0.254 e. The Labute approximate surface area is 149 Å². The minimum Gasteiger partial charge on any atom is -0.379 e. The normalized spacial score (nSPS) is 25.8. The van der Waals surface area contributed by atoms with E-state index in [0.717, 1.165) is 6.54 Å². The fourth-order valence-electron chi connectivity index (χ4n) is 3.20. The van der Waals surface area contributed by atoms with Crippen molar-refractivity contribution in [1.29, 1.82) is 0 Å². The number of benzene rings is 1. The van der Waals surface area contributed by atoms with Crippen LogP contribution in [0.2, 0.25) is 0 Å². The smallest absolute Gasteiger partial charge is 0.254 e. The maximum absolute atomic E-state index is 12.9. The van der Waals surface area contributed by atoms with Crippen molar-refractivity contribution < 1.29 is 17.9 Å². The number of carbonyl (C=O) groups excluding carboxylic acids is 1. The lowest BCUT2D eigenvalue weighted by Gasteiger charge is -2.37. The quantitative estimate of drug-likeness (QED) is 0.843. The molecule has 0 aromatic heterocycles. The number of nitrogens with one attached hydrogen (secondary N) is 1. The van der Waals surface area contributed by atoms with E-state index in [2.05, 4.69) is 5.32 Å². The van der Waals surface area contributed by atoms with Gasteiger partial charge in [-0.25, -0.2) is 8.42 Å².